The molecule has 1 aromatic rings. The standard InChI is InChI=1S/C34H56O3/c1-4-6-8-10-12-14-28-15-17-29(18-16-28)30-19-21-31(22-20-30)32-23-26-34(27-24-32,37-33(35)36-3)25-13-11-9-7-5-2/h15-18,30-32H,4-14,19-27H2,1-3H3. The van der Waals surface area contributed by atoms with Crippen LogP contribution in [-0.4, -0.2) is 18.9 Å². The highest BCUT2D eigenvalue weighted by Gasteiger charge is 2.41. The quantitative estimate of drug-likeness (QED) is 0.173. The first kappa shape index (κ1) is 30.0. The Hall–Kier alpha value is -1.51. The van der Waals surface area contributed by atoms with Gasteiger partial charge in [-0.2, -0.15) is 0 Å². The van der Waals surface area contributed by atoms with Gasteiger partial charge in [0.25, 0.3) is 0 Å². The maximum absolute atomic E-state index is 12.0. The minimum Gasteiger partial charge on any atom is -0.438 e. The number of carbonyl (C=O) groups excluding carboxylic acids is 1. The average Bonchev–Trinajstić information content (AvgIpc) is 2.94. The minimum atomic E-state index is -0.491. The molecule has 0 N–H and O–H groups in total. The first-order valence-corrected chi connectivity index (χ1v) is 15.9. The summed E-state index contributed by atoms with van der Waals surface area (Å²) in [5.41, 5.74) is 2.79. The summed E-state index contributed by atoms with van der Waals surface area (Å²) in [7, 11) is 1.43. The fourth-order valence-electron chi connectivity index (χ4n) is 7.12. The summed E-state index contributed by atoms with van der Waals surface area (Å²) in [6, 6.07) is 9.63. The molecule has 0 heterocycles. The van der Waals surface area contributed by atoms with Gasteiger partial charge in [-0.1, -0.05) is 89.5 Å². The van der Waals surface area contributed by atoms with Crippen LogP contribution in [-0.2, 0) is 15.9 Å². The zero-order valence-corrected chi connectivity index (χ0v) is 24.4. The molecule has 0 amide bonds. The second-order valence-corrected chi connectivity index (χ2v) is 12.3. The van der Waals surface area contributed by atoms with Crippen LogP contribution >= 0.6 is 0 Å². The number of aryl methyl sites for hydroxylation is 1. The van der Waals surface area contributed by atoms with Crippen LogP contribution in [0.25, 0.3) is 0 Å². The fraction of sp³-hybridized carbons (Fsp3) is 0.794. The lowest BCUT2D eigenvalue weighted by atomic mass is 9.66. The number of benzene rings is 1. The minimum absolute atomic E-state index is 0.287. The van der Waals surface area contributed by atoms with Crippen molar-refractivity contribution in [1.82, 2.24) is 0 Å². The van der Waals surface area contributed by atoms with Crippen LogP contribution in [0.4, 0.5) is 4.79 Å². The number of unbranched alkanes of at least 4 members (excludes halogenated alkanes) is 8. The average molecular weight is 513 g/mol. The number of hydrogen-bond donors (Lipinski definition) is 0. The molecule has 3 heteroatoms. The summed E-state index contributed by atoms with van der Waals surface area (Å²) in [5, 5.41) is 0. The van der Waals surface area contributed by atoms with Crippen molar-refractivity contribution >= 4 is 6.16 Å². The van der Waals surface area contributed by atoms with Gasteiger partial charge >= 0.3 is 6.16 Å². The van der Waals surface area contributed by atoms with Crippen molar-refractivity contribution in [3.63, 3.8) is 0 Å². The molecule has 0 radical (unpaired) electrons. The molecule has 2 fully saturated rings. The molecular weight excluding hydrogens is 456 g/mol. The van der Waals surface area contributed by atoms with E-state index in [2.05, 4.69) is 38.1 Å². The first-order chi connectivity index (χ1) is 18.1. The molecule has 3 rings (SSSR count). The topological polar surface area (TPSA) is 35.5 Å². The van der Waals surface area contributed by atoms with E-state index in [0.717, 1.165) is 43.4 Å². The Kier molecular flexibility index (Phi) is 13.4. The number of ether oxygens (including phenoxy) is 2. The lowest BCUT2D eigenvalue weighted by molar-refractivity contribution is -0.0674. The Labute approximate surface area is 228 Å². The van der Waals surface area contributed by atoms with Gasteiger partial charge in [-0.05, 0) is 106 Å². The molecule has 1 aromatic carbocycles. The van der Waals surface area contributed by atoms with Crippen molar-refractivity contribution in [3.8, 4) is 0 Å². The molecule has 0 aromatic heterocycles. The van der Waals surface area contributed by atoms with Crippen molar-refractivity contribution in [2.75, 3.05) is 7.11 Å². The molecule has 2 aliphatic carbocycles. The second-order valence-electron chi connectivity index (χ2n) is 12.3. The van der Waals surface area contributed by atoms with Gasteiger partial charge in [0, 0.05) is 0 Å². The van der Waals surface area contributed by atoms with Crippen molar-refractivity contribution in [1.29, 1.82) is 0 Å². The molecular formula is C34H56O3. The van der Waals surface area contributed by atoms with E-state index in [1.165, 1.54) is 115 Å². The van der Waals surface area contributed by atoms with Gasteiger partial charge < -0.3 is 9.47 Å². The Morgan fingerprint density at radius 2 is 1.32 bits per heavy atom. The Bertz CT molecular complexity index is 739. The molecule has 0 bridgehead atoms. The van der Waals surface area contributed by atoms with Gasteiger partial charge in [0.05, 0.1) is 7.11 Å². The Balaban J connectivity index is 1.42. The van der Waals surface area contributed by atoms with E-state index in [0.29, 0.717) is 0 Å². The fourth-order valence-corrected chi connectivity index (χ4v) is 7.12. The van der Waals surface area contributed by atoms with Crippen LogP contribution in [0.5, 0.6) is 0 Å². The zero-order chi connectivity index (χ0) is 26.3. The van der Waals surface area contributed by atoms with Crippen molar-refractivity contribution in [3.05, 3.63) is 35.4 Å². The Morgan fingerprint density at radius 1 is 0.757 bits per heavy atom. The van der Waals surface area contributed by atoms with Crippen molar-refractivity contribution in [2.24, 2.45) is 11.8 Å². The van der Waals surface area contributed by atoms with Crippen molar-refractivity contribution < 1.29 is 14.3 Å². The summed E-state index contributed by atoms with van der Waals surface area (Å²) < 4.78 is 10.8. The van der Waals surface area contributed by atoms with E-state index in [1.807, 2.05) is 0 Å². The van der Waals surface area contributed by atoms with Crippen LogP contribution in [0.1, 0.15) is 153 Å². The SMILES string of the molecule is CCCCCCCc1ccc(C2CCC(C3CCC(CCCCCCC)(OC(=O)OC)CC3)CC2)cc1. The van der Waals surface area contributed by atoms with E-state index in [4.69, 9.17) is 9.47 Å². The zero-order valence-electron chi connectivity index (χ0n) is 24.4. The van der Waals surface area contributed by atoms with Gasteiger partial charge in [-0.15, -0.1) is 0 Å². The molecule has 0 aliphatic heterocycles. The predicted octanol–water partition coefficient (Wildman–Crippen LogP) is 10.5. The third kappa shape index (κ3) is 9.95. The lowest BCUT2D eigenvalue weighted by Crippen LogP contribution is -2.40. The van der Waals surface area contributed by atoms with Gasteiger partial charge in [0.2, 0.25) is 0 Å². The van der Waals surface area contributed by atoms with Crippen LogP contribution in [0.3, 0.4) is 0 Å². The Morgan fingerprint density at radius 3 is 1.92 bits per heavy atom. The predicted molar refractivity (Wildman–Crippen MR) is 155 cm³/mol. The van der Waals surface area contributed by atoms with Crippen molar-refractivity contribution in [2.45, 2.75) is 154 Å². The molecule has 2 aliphatic rings. The smallest absolute Gasteiger partial charge is 0.438 e. The summed E-state index contributed by atoms with van der Waals surface area (Å²) in [4.78, 5) is 12.0. The molecule has 0 saturated heterocycles. The molecule has 0 atom stereocenters. The number of carbonyl (C=O) groups is 1. The highest BCUT2D eigenvalue weighted by Crippen LogP contribution is 2.47. The summed E-state index contributed by atoms with van der Waals surface area (Å²) in [6.45, 7) is 4.54. The summed E-state index contributed by atoms with van der Waals surface area (Å²) in [6.07, 6.45) is 24.6. The summed E-state index contributed by atoms with van der Waals surface area (Å²) in [5.74, 6) is 2.38. The van der Waals surface area contributed by atoms with Gasteiger partial charge in [-0.25, -0.2) is 4.79 Å². The van der Waals surface area contributed by atoms with E-state index in [1.54, 1.807) is 5.56 Å². The van der Waals surface area contributed by atoms with E-state index >= 15 is 0 Å². The van der Waals surface area contributed by atoms with Gasteiger partial charge in [-0.3, -0.25) is 0 Å². The van der Waals surface area contributed by atoms with E-state index in [-0.39, 0.29) is 5.60 Å². The highest BCUT2D eigenvalue weighted by atomic mass is 16.7. The van der Waals surface area contributed by atoms with Crippen LogP contribution < -0.4 is 0 Å². The monoisotopic (exact) mass is 512 g/mol. The number of rotatable bonds is 15. The number of methoxy groups -OCH3 is 1. The molecule has 0 spiro atoms. The van der Waals surface area contributed by atoms with E-state index < -0.39 is 6.16 Å². The third-order valence-electron chi connectivity index (χ3n) is 9.60. The number of hydrogen-bond acceptors (Lipinski definition) is 3. The third-order valence-corrected chi connectivity index (χ3v) is 9.60. The molecule has 2 saturated carbocycles. The van der Waals surface area contributed by atoms with Crippen LogP contribution in [0.15, 0.2) is 24.3 Å². The normalized spacial score (nSPS) is 26.1. The highest BCUT2D eigenvalue weighted by molar-refractivity contribution is 5.60. The van der Waals surface area contributed by atoms with E-state index in [9.17, 15) is 4.79 Å². The second kappa shape index (κ2) is 16.5. The largest absolute Gasteiger partial charge is 0.508 e. The summed E-state index contributed by atoms with van der Waals surface area (Å²) >= 11 is 0. The van der Waals surface area contributed by atoms with Crippen LogP contribution in [0, 0.1) is 11.8 Å². The molecule has 0 unspecified atom stereocenters. The van der Waals surface area contributed by atoms with Gasteiger partial charge in [0.15, 0.2) is 0 Å². The molecule has 210 valence electrons. The first-order valence-electron chi connectivity index (χ1n) is 15.9. The lowest BCUT2D eigenvalue weighted by Gasteiger charge is -2.43. The molecule has 37 heavy (non-hydrogen) atoms. The van der Waals surface area contributed by atoms with Gasteiger partial charge in [0.1, 0.15) is 5.60 Å². The maximum Gasteiger partial charge on any atom is 0.508 e. The maximum atomic E-state index is 12.0. The van der Waals surface area contributed by atoms with Crippen LogP contribution in [0.2, 0.25) is 0 Å². The molecule has 3 nitrogen and oxygen atoms in total.